The molecule has 0 saturated carbocycles. The molecule has 62 valence electrons. The fourth-order valence-electron chi connectivity index (χ4n) is 1.84. The minimum absolute atomic E-state index is 1.14. The molecule has 0 radical (unpaired) electrons. The molecule has 1 aliphatic rings. The molecule has 1 aromatic rings. The largest absolute Gasteiger partial charge is 0.0952 e. The molecule has 0 fully saturated rings. The summed E-state index contributed by atoms with van der Waals surface area (Å²) in [5.74, 6) is 0. The highest BCUT2D eigenvalue weighted by atomic mass is 14.2. The van der Waals surface area contributed by atoms with Gasteiger partial charge in [-0.3, -0.25) is 0 Å². The van der Waals surface area contributed by atoms with Crippen molar-refractivity contribution >= 4 is 5.57 Å². The Bertz CT molecular complexity index is 321. The summed E-state index contributed by atoms with van der Waals surface area (Å²) in [7, 11) is 0. The third-order valence-electron chi connectivity index (χ3n) is 2.65. The molecule has 1 aliphatic carbocycles. The lowest BCUT2D eigenvalue weighted by atomic mass is 10.0. The molecule has 0 unspecified atom stereocenters. The lowest BCUT2D eigenvalue weighted by Crippen LogP contribution is -1.85. The second-order valence-corrected chi connectivity index (χ2v) is 3.45. The summed E-state index contributed by atoms with van der Waals surface area (Å²) >= 11 is 0. The molecule has 0 heterocycles. The zero-order valence-electron chi connectivity index (χ0n) is 7.56. The van der Waals surface area contributed by atoms with Gasteiger partial charge in [0.25, 0.3) is 0 Å². The highest BCUT2D eigenvalue weighted by Gasteiger charge is 2.13. The summed E-state index contributed by atoms with van der Waals surface area (Å²) in [5, 5.41) is 0. The lowest BCUT2D eigenvalue weighted by molar-refractivity contribution is 1.06. The molecule has 0 aromatic heterocycles. The van der Waals surface area contributed by atoms with Gasteiger partial charge in [-0.1, -0.05) is 31.7 Å². The van der Waals surface area contributed by atoms with Gasteiger partial charge >= 0.3 is 0 Å². The SMILES string of the molecule is C=C1CCc2cc(CC)ccc21. The number of allylic oxidation sites excluding steroid dienone is 1. The van der Waals surface area contributed by atoms with Gasteiger partial charge in [-0.15, -0.1) is 0 Å². The number of benzene rings is 1. The first kappa shape index (κ1) is 7.60. The van der Waals surface area contributed by atoms with Crippen LogP contribution in [0.4, 0.5) is 0 Å². The molecule has 0 bridgehead atoms. The van der Waals surface area contributed by atoms with Crippen LogP contribution in [0.3, 0.4) is 0 Å². The van der Waals surface area contributed by atoms with Crippen LogP contribution >= 0.6 is 0 Å². The zero-order valence-corrected chi connectivity index (χ0v) is 7.56. The fraction of sp³-hybridized carbons (Fsp3) is 0.333. The highest BCUT2D eigenvalue weighted by molar-refractivity contribution is 5.70. The molecule has 0 aliphatic heterocycles. The van der Waals surface area contributed by atoms with Crippen LogP contribution in [0.1, 0.15) is 30.0 Å². The molecule has 12 heavy (non-hydrogen) atoms. The zero-order chi connectivity index (χ0) is 8.55. The number of hydrogen-bond acceptors (Lipinski definition) is 0. The number of aryl methyl sites for hydroxylation is 2. The Balaban J connectivity index is 2.48. The molecule has 0 amide bonds. The van der Waals surface area contributed by atoms with E-state index in [2.05, 4.69) is 31.7 Å². The molecule has 2 rings (SSSR count). The van der Waals surface area contributed by atoms with E-state index in [0.717, 1.165) is 12.8 Å². The Kier molecular flexibility index (Phi) is 1.76. The number of hydrogen-bond donors (Lipinski definition) is 0. The van der Waals surface area contributed by atoms with Crippen LogP contribution in [0.25, 0.3) is 5.57 Å². The van der Waals surface area contributed by atoms with Crippen molar-refractivity contribution < 1.29 is 0 Å². The Hall–Kier alpha value is -1.04. The van der Waals surface area contributed by atoms with Crippen molar-refractivity contribution in [1.29, 1.82) is 0 Å². The smallest absolute Gasteiger partial charge is 0.0198 e. The highest BCUT2D eigenvalue weighted by Crippen LogP contribution is 2.31. The van der Waals surface area contributed by atoms with Gasteiger partial charge in [0.2, 0.25) is 0 Å². The third-order valence-corrected chi connectivity index (χ3v) is 2.65. The minimum atomic E-state index is 1.14. The van der Waals surface area contributed by atoms with Crippen LogP contribution in [-0.4, -0.2) is 0 Å². The third kappa shape index (κ3) is 1.08. The van der Waals surface area contributed by atoms with E-state index in [4.69, 9.17) is 0 Å². The van der Waals surface area contributed by atoms with Gasteiger partial charge in [-0.25, -0.2) is 0 Å². The minimum Gasteiger partial charge on any atom is -0.0952 e. The molecule has 0 nitrogen and oxygen atoms in total. The molecule has 0 saturated heterocycles. The van der Waals surface area contributed by atoms with E-state index < -0.39 is 0 Å². The first-order valence-electron chi connectivity index (χ1n) is 4.61. The molecule has 1 aromatic carbocycles. The second kappa shape index (κ2) is 2.78. The van der Waals surface area contributed by atoms with Crippen molar-refractivity contribution in [3.63, 3.8) is 0 Å². The molecular formula is C12H14. The van der Waals surface area contributed by atoms with Gasteiger partial charge in [-0.05, 0) is 41.5 Å². The van der Waals surface area contributed by atoms with Crippen molar-refractivity contribution in [1.82, 2.24) is 0 Å². The van der Waals surface area contributed by atoms with Crippen LogP contribution in [0.15, 0.2) is 24.8 Å². The van der Waals surface area contributed by atoms with E-state index in [0.29, 0.717) is 0 Å². The van der Waals surface area contributed by atoms with Gasteiger partial charge < -0.3 is 0 Å². The van der Waals surface area contributed by atoms with Gasteiger partial charge in [-0.2, -0.15) is 0 Å². The Morgan fingerprint density at radius 3 is 2.92 bits per heavy atom. The van der Waals surface area contributed by atoms with Crippen LogP contribution in [0, 0.1) is 0 Å². The topological polar surface area (TPSA) is 0 Å². The quantitative estimate of drug-likeness (QED) is 0.588. The van der Waals surface area contributed by atoms with E-state index in [-0.39, 0.29) is 0 Å². The summed E-state index contributed by atoms with van der Waals surface area (Å²) in [6, 6.07) is 6.77. The average Bonchev–Trinajstić information content (AvgIpc) is 2.47. The first-order chi connectivity index (χ1) is 5.81. The maximum Gasteiger partial charge on any atom is -0.0198 e. The Labute approximate surface area is 73.9 Å². The molecule has 0 spiro atoms. The van der Waals surface area contributed by atoms with Crippen LogP contribution in [0.5, 0.6) is 0 Å². The lowest BCUT2D eigenvalue weighted by Gasteiger charge is -2.01. The molecule has 0 N–H and O–H groups in total. The van der Waals surface area contributed by atoms with Crippen LogP contribution < -0.4 is 0 Å². The summed E-state index contributed by atoms with van der Waals surface area (Å²) in [6.45, 7) is 6.25. The standard InChI is InChI=1S/C12H14/c1-3-10-5-7-12-9(2)4-6-11(12)8-10/h5,7-8H,2-4,6H2,1H3. The van der Waals surface area contributed by atoms with Crippen molar-refractivity contribution in [2.75, 3.05) is 0 Å². The van der Waals surface area contributed by atoms with Crippen molar-refractivity contribution in [2.45, 2.75) is 26.2 Å². The Morgan fingerprint density at radius 1 is 1.33 bits per heavy atom. The van der Waals surface area contributed by atoms with Gasteiger partial charge in [0.15, 0.2) is 0 Å². The maximum absolute atomic E-state index is 4.05. The molecular weight excluding hydrogens is 144 g/mol. The van der Waals surface area contributed by atoms with Crippen molar-refractivity contribution in [3.8, 4) is 0 Å². The second-order valence-electron chi connectivity index (χ2n) is 3.45. The predicted octanol–water partition coefficient (Wildman–Crippen LogP) is 3.21. The van der Waals surface area contributed by atoms with Gasteiger partial charge in [0, 0.05) is 0 Å². The summed E-state index contributed by atoms with van der Waals surface area (Å²) in [5.41, 5.74) is 5.66. The van der Waals surface area contributed by atoms with E-state index in [9.17, 15) is 0 Å². The van der Waals surface area contributed by atoms with Crippen molar-refractivity contribution in [2.24, 2.45) is 0 Å². The average molecular weight is 158 g/mol. The predicted molar refractivity (Wildman–Crippen MR) is 53.2 cm³/mol. The van der Waals surface area contributed by atoms with Crippen LogP contribution in [-0.2, 0) is 12.8 Å². The fourth-order valence-corrected chi connectivity index (χ4v) is 1.84. The monoisotopic (exact) mass is 158 g/mol. The van der Waals surface area contributed by atoms with Crippen LogP contribution in [0.2, 0.25) is 0 Å². The normalized spacial score (nSPS) is 14.9. The van der Waals surface area contributed by atoms with E-state index in [1.54, 1.807) is 0 Å². The Morgan fingerprint density at radius 2 is 2.17 bits per heavy atom. The number of rotatable bonds is 1. The van der Waals surface area contributed by atoms with Gasteiger partial charge in [0.1, 0.15) is 0 Å². The first-order valence-corrected chi connectivity index (χ1v) is 4.61. The maximum atomic E-state index is 4.05. The van der Waals surface area contributed by atoms with Crippen molar-refractivity contribution in [3.05, 3.63) is 41.5 Å². The van der Waals surface area contributed by atoms with E-state index >= 15 is 0 Å². The van der Waals surface area contributed by atoms with Gasteiger partial charge in [0.05, 0.1) is 0 Å². The van der Waals surface area contributed by atoms with E-state index in [1.807, 2.05) is 0 Å². The molecule has 0 heteroatoms. The summed E-state index contributed by atoms with van der Waals surface area (Å²) < 4.78 is 0. The summed E-state index contributed by atoms with van der Waals surface area (Å²) in [6.07, 6.45) is 3.49. The number of fused-ring (bicyclic) bond motifs is 1. The molecule has 0 atom stereocenters. The summed E-state index contributed by atoms with van der Waals surface area (Å²) in [4.78, 5) is 0. The van der Waals surface area contributed by atoms with E-state index in [1.165, 1.54) is 28.7 Å².